The lowest BCUT2D eigenvalue weighted by atomic mass is 10.1. The first-order valence-electron chi connectivity index (χ1n) is 6.86. The monoisotopic (exact) mass is 270 g/mol. The van der Waals surface area contributed by atoms with Crippen LogP contribution in [0.2, 0.25) is 0 Å². The highest BCUT2D eigenvalue weighted by atomic mass is 16.5. The van der Waals surface area contributed by atoms with Gasteiger partial charge in [0.25, 0.3) is 0 Å². The quantitative estimate of drug-likeness (QED) is 0.874. The van der Waals surface area contributed by atoms with E-state index in [0.29, 0.717) is 25.0 Å². The van der Waals surface area contributed by atoms with Crippen molar-refractivity contribution in [3.63, 3.8) is 0 Å². The van der Waals surface area contributed by atoms with Crippen LogP contribution in [0.25, 0.3) is 0 Å². The minimum absolute atomic E-state index is 0.552. The molecule has 104 valence electrons. The third-order valence-electron chi connectivity index (χ3n) is 3.29. The van der Waals surface area contributed by atoms with Crippen LogP contribution in [0.3, 0.4) is 0 Å². The topological polar surface area (TPSA) is 43.4 Å². The van der Waals surface area contributed by atoms with Crippen molar-refractivity contribution in [3.8, 4) is 11.6 Å². The van der Waals surface area contributed by atoms with Crippen LogP contribution in [-0.4, -0.2) is 24.7 Å². The fourth-order valence-electron chi connectivity index (χ4n) is 1.97. The third-order valence-corrected chi connectivity index (χ3v) is 3.29. The van der Waals surface area contributed by atoms with E-state index in [9.17, 15) is 0 Å². The Labute approximate surface area is 118 Å². The average Bonchev–Trinajstić information content (AvgIpc) is 2.45. The number of hydrogen-bond acceptors (Lipinski definition) is 4. The molecule has 1 aromatic heterocycles. The normalized spacial score (nSPS) is 14.6. The van der Waals surface area contributed by atoms with Crippen LogP contribution >= 0.6 is 0 Å². The van der Waals surface area contributed by atoms with Crippen LogP contribution < -0.4 is 14.8 Å². The Hall–Kier alpha value is -2.07. The zero-order valence-corrected chi connectivity index (χ0v) is 11.3. The molecule has 1 saturated heterocycles. The van der Waals surface area contributed by atoms with Gasteiger partial charge in [-0.25, -0.2) is 4.98 Å². The van der Waals surface area contributed by atoms with Gasteiger partial charge in [-0.2, -0.15) is 0 Å². The van der Waals surface area contributed by atoms with Crippen LogP contribution in [0.1, 0.15) is 5.56 Å². The van der Waals surface area contributed by atoms with E-state index < -0.39 is 0 Å². The van der Waals surface area contributed by atoms with E-state index in [1.165, 1.54) is 0 Å². The van der Waals surface area contributed by atoms with Crippen molar-refractivity contribution in [1.82, 2.24) is 10.3 Å². The van der Waals surface area contributed by atoms with Gasteiger partial charge in [0.05, 0.1) is 6.61 Å². The van der Waals surface area contributed by atoms with E-state index in [1.54, 1.807) is 6.20 Å². The van der Waals surface area contributed by atoms with Gasteiger partial charge < -0.3 is 14.8 Å². The van der Waals surface area contributed by atoms with Crippen LogP contribution in [0, 0.1) is 5.92 Å². The zero-order valence-electron chi connectivity index (χ0n) is 11.3. The Bertz CT molecular complexity index is 541. The van der Waals surface area contributed by atoms with Crippen molar-refractivity contribution in [2.75, 3.05) is 19.7 Å². The van der Waals surface area contributed by atoms with Gasteiger partial charge in [-0.15, -0.1) is 0 Å². The summed E-state index contributed by atoms with van der Waals surface area (Å²) in [4.78, 5) is 4.20. The molecule has 1 fully saturated rings. The number of aromatic nitrogens is 1. The lowest BCUT2D eigenvalue weighted by molar-refractivity contribution is 0.192. The van der Waals surface area contributed by atoms with Crippen molar-refractivity contribution in [3.05, 3.63) is 54.2 Å². The summed E-state index contributed by atoms with van der Waals surface area (Å²) in [6.45, 7) is 3.33. The van der Waals surface area contributed by atoms with Crippen molar-refractivity contribution in [2.45, 2.75) is 6.61 Å². The molecule has 4 nitrogen and oxygen atoms in total. The van der Waals surface area contributed by atoms with Crippen molar-refractivity contribution < 1.29 is 9.47 Å². The summed E-state index contributed by atoms with van der Waals surface area (Å²) < 4.78 is 11.4. The molecule has 1 aliphatic rings. The highest BCUT2D eigenvalue weighted by Gasteiger charge is 2.17. The van der Waals surface area contributed by atoms with Crippen LogP contribution in [0.5, 0.6) is 11.6 Å². The molecule has 4 heteroatoms. The number of rotatable bonds is 6. The van der Waals surface area contributed by atoms with Gasteiger partial charge in [0.2, 0.25) is 5.88 Å². The van der Waals surface area contributed by atoms with E-state index in [0.717, 1.165) is 24.4 Å². The van der Waals surface area contributed by atoms with Crippen molar-refractivity contribution in [1.29, 1.82) is 0 Å². The van der Waals surface area contributed by atoms with Crippen molar-refractivity contribution in [2.24, 2.45) is 5.92 Å². The Morgan fingerprint density at radius 3 is 2.70 bits per heavy atom. The second kappa shape index (κ2) is 6.39. The predicted octanol–water partition coefficient (Wildman–Crippen LogP) is 2.26. The van der Waals surface area contributed by atoms with E-state index in [-0.39, 0.29) is 0 Å². The molecule has 1 N–H and O–H groups in total. The van der Waals surface area contributed by atoms with E-state index in [2.05, 4.69) is 10.3 Å². The molecule has 20 heavy (non-hydrogen) atoms. The summed E-state index contributed by atoms with van der Waals surface area (Å²) in [5.74, 6) is 2.01. The first-order chi connectivity index (χ1) is 9.90. The SMILES string of the molecule is c1ccc(COc2ccnc(OCC3CNC3)c2)cc1. The molecule has 1 aromatic carbocycles. The minimum atomic E-state index is 0.552. The summed E-state index contributed by atoms with van der Waals surface area (Å²) in [5.41, 5.74) is 1.15. The maximum atomic E-state index is 5.75. The number of nitrogens with one attached hydrogen (secondary N) is 1. The largest absolute Gasteiger partial charge is 0.489 e. The summed E-state index contributed by atoms with van der Waals surface area (Å²) in [7, 11) is 0. The van der Waals surface area contributed by atoms with E-state index >= 15 is 0 Å². The summed E-state index contributed by atoms with van der Waals surface area (Å²) >= 11 is 0. The standard InChI is InChI=1S/C16H18N2O2/c1-2-4-13(5-3-1)11-19-15-6-7-18-16(8-15)20-12-14-9-17-10-14/h1-8,14,17H,9-12H2. The molecule has 0 bridgehead atoms. The molecule has 3 rings (SSSR count). The Morgan fingerprint density at radius 2 is 1.95 bits per heavy atom. The van der Waals surface area contributed by atoms with Crippen LogP contribution in [-0.2, 0) is 6.61 Å². The van der Waals surface area contributed by atoms with Gasteiger partial charge in [0, 0.05) is 31.3 Å². The van der Waals surface area contributed by atoms with Gasteiger partial charge in [0.15, 0.2) is 0 Å². The van der Waals surface area contributed by atoms with E-state index in [4.69, 9.17) is 9.47 Å². The molecule has 2 heterocycles. The number of ether oxygens (including phenoxy) is 2. The molecule has 0 aliphatic carbocycles. The second-order valence-electron chi connectivity index (χ2n) is 4.94. The number of hydrogen-bond donors (Lipinski definition) is 1. The second-order valence-corrected chi connectivity index (χ2v) is 4.94. The maximum Gasteiger partial charge on any atom is 0.216 e. The van der Waals surface area contributed by atoms with Gasteiger partial charge in [-0.1, -0.05) is 30.3 Å². The van der Waals surface area contributed by atoms with Crippen LogP contribution in [0.15, 0.2) is 48.7 Å². The van der Waals surface area contributed by atoms with Crippen LogP contribution in [0.4, 0.5) is 0 Å². The molecule has 0 amide bonds. The molecule has 0 saturated carbocycles. The van der Waals surface area contributed by atoms with Gasteiger partial charge in [0.1, 0.15) is 12.4 Å². The number of nitrogens with zero attached hydrogens (tertiary/aromatic N) is 1. The van der Waals surface area contributed by atoms with Gasteiger partial charge in [-0.3, -0.25) is 0 Å². The lowest BCUT2D eigenvalue weighted by Gasteiger charge is -2.26. The molecule has 0 atom stereocenters. The van der Waals surface area contributed by atoms with Gasteiger partial charge in [-0.05, 0) is 11.6 Å². The average molecular weight is 270 g/mol. The Kier molecular flexibility index (Phi) is 4.13. The molecule has 2 aromatic rings. The fourth-order valence-corrected chi connectivity index (χ4v) is 1.97. The van der Waals surface area contributed by atoms with Crippen molar-refractivity contribution >= 4 is 0 Å². The fraction of sp³-hybridized carbons (Fsp3) is 0.312. The molecule has 1 aliphatic heterocycles. The highest BCUT2D eigenvalue weighted by molar-refractivity contribution is 5.26. The third kappa shape index (κ3) is 3.48. The number of benzene rings is 1. The first kappa shape index (κ1) is 12.9. The summed E-state index contributed by atoms with van der Waals surface area (Å²) in [6, 6.07) is 13.8. The summed E-state index contributed by atoms with van der Waals surface area (Å²) in [6.07, 6.45) is 1.72. The summed E-state index contributed by atoms with van der Waals surface area (Å²) in [5, 5.41) is 3.22. The van der Waals surface area contributed by atoms with Gasteiger partial charge >= 0.3 is 0 Å². The zero-order chi connectivity index (χ0) is 13.6. The molecule has 0 spiro atoms. The van der Waals surface area contributed by atoms with E-state index in [1.807, 2.05) is 42.5 Å². The molecular formula is C16H18N2O2. The maximum absolute atomic E-state index is 5.75. The first-order valence-corrected chi connectivity index (χ1v) is 6.86. The molecule has 0 radical (unpaired) electrons. The Morgan fingerprint density at radius 1 is 1.10 bits per heavy atom. The lowest BCUT2D eigenvalue weighted by Crippen LogP contribution is -2.45. The minimum Gasteiger partial charge on any atom is -0.489 e. The highest BCUT2D eigenvalue weighted by Crippen LogP contribution is 2.18. The Balaban J connectivity index is 1.53. The molecular weight excluding hydrogens is 252 g/mol. The number of pyridine rings is 1. The predicted molar refractivity (Wildman–Crippen MR) is 76.9 cm³/mol. The smallest absolute Gasteiger partial charge is 0.216 e. The molecule has 0 unspecified atom stereocenters.